The number of carbonyl (C=O) groups excluding carboxylic acids is 1. The Bertz CT molecular complexity index is 2190. The second kappa shape index (κ2) is 22.4. The highest BCUT2D eigenvalue weighted by atomic mass is 32.2. The molecule has 0 aromatic heterocycles. The Balaban J connectivity index is 1.22. The number of para-hydroxylation sites is 1. The van der Waals surface area contributed by atoms with Gasteiger partial charge in [0, 0.05) is 11.1 Å². The van der Waals surface area contributed by atoms with Crippen LogP contribution in [0.15, 0.2) is 99.1 Å². The van der Waals surface area contributed by atoms with Gasteiger partial charge in [-0.05, 0) is 86.8 Å². The summed E-state index contributed by atoms with van der Waals surface area (Å²) in [5, 5.41) is 35.5. The predicted octanol–water partition coefficient (Wildman–Crippen LogP) is 12.4. The van der Waals surface area contributed by atoms with Crippen molar-refractivity contribution < 1.29 is 32.9 Å². The fraction of sp³-hybridized carbons (Fsp3) is 0.458. The molecular weight excluding hydrogens is 777 g/mol. The molecule has 0 radical (unpaired) electrons. The number of hydrazone groups is 1. The van der Waals surface area contributed by atoms with Crippen LogP contribution in [-0.2, 0) is 14.6 Å². The first-order valence-electron chi connectivity index (χ1n) is 21.5. The fourth-order valence-corrected chi connectivity index (χ4v) is 9.05. The van der Waals surface area contributed by atoms with Crippen molar-refractivity contribution in [3.63, 3.8) is 0 Å². The van der Waals surface area contributed by atoms with Crippen molar-refractivity contribution in [2.24, 2.45) is 15.3 Å². The van der Waals surface area contributed by atoms with Gasteiger partial charge in [0.1, 0.15) is 28.7 Å². The maximum Gasteiger partial charge on any atom is 0.280 e. The number of ether oxygens (including phenoxy) is 2. The lowest BCUT2D eigenvalue weighted by Crippen LogP contribution is -2.29. The average molecular weight is 839 g/mol. The molecule has 1 heterocycles. The van der Waals surface area contributed by atoms with Crippen LogP contribution >= 0.6 is 0 Å². The Morgan fingerprint density at radius 1 is 0.800 bits per heavy atom. The maximum absolute atomic E-state index is 14.3. The summed E-state index contributed by atoms with van der Waals surface area (Å²) in [6, 6.07) is 20.6. The zero-order valence-electron chi connectivity index (χ0n) is 35.9. The lowest BCUT2D eigenvalue weighted by atomic mass is 9.93. The van der Waals surface area contributed by atoms with Gasteiger partial charge in [0.2, 0.25) is 0 Å². The summed E-state index contributed by atoms with van der Waals surface area (Å²) < 4.78 is 40.2. The minimum atomic E-state index is -4.22. The van der Waals surface area contributed by atoms with E-state index in [1.165, 1.54) is 120 Å². The van der Waals surface area contributed by atoms with Crippen molar-refractivity contribution in [3.8, 4) is 34.1 Å². The molecule has 60 heavy (non-hydrogen) atoms. The first-order valence-corrected chi connectivity index (χ1v) is 23.1. The lowest BCUT2D eigenvalue weighted by molar-refractivity contribution is -0.117. The number of unbranched alkanes of at least 4 members (excludes halogenated alkanes) is 13. The third-order valence-electron chi connectivity index (χ3n) is 11.1. The normalized spacial score (nSPS) is 14.8. The van der Waals surface area contributed by atoms with Crippen LogP contribution in [0, 0.1) is 6.92 Å². The highest BCUT2D eigenvalue weighted by Crippen LogP contribution is 2.47. The van der Waals surface area contributed by atoms with Crippen LogP contribution in [-0.4, -0.2) is 50.0 Å². The highest BCUT2D eigenvalue weighted by molar-refractivity contribution is 7.91. The Kier molecular flexibility index (Phi) is 17.1. The summed E-state index contributed by atoms with van der Waals surface area (Å²) in [6.07, 6.45) is 18.0. The summed E-state index contributed by atoms with van der Waals surface area (Å²) in [6.45, 7) is 7.64. The molecule has 4 aromatic rings. The van der Waals surface area contributed by atoms with Gasteiger partial charge in [0.05, 0.1) is 35.3 Å². The smallest absolute Gasteiger partial charge is 0.280 e. The zero-order chi connectivity index (χ0) is 43.1. The predicted molar refractivity (Wildman–Crippen MR) is 240 cm³/mol. The van der Waals surface area contributed by atoms with Gasteiger partial charge in [0.25, 0.3) is 5.91 Å². The fourth-order valence-electron chi connectivity index (χ4n) is 7.56. The average Bonchev–Trinajstić information content (AvgIpc) is 3.54. The second-order valence-corrected chi connectivity index (χ2v) is 18.0. The molecule has 5 rings (SSSR count). The molecule has 2 atom stereocenters. The molecule has 1 aliphatic heterocycles. The summed E-state index contributed by atoms with van der Waals surface area (Å²) >= 11 is 0. The lowest BCUT2D eigenvalue weighted by Gasteiger charge is -2.21. The second-order valence-electron chi connectivity index (χ2n) is 15.7. The van der Waals surface area contributed by atoms with Crippen molar-refractivity contribution in [1.29, 1.82) is 0 Å². The van der Waals surface area contributed by atoms with E-state index in [1.54, 1.807) is 62.4 Å². The number of azo groups is 1. The van der Waals surface area contributed by atoms with Crippen LogP contribution in [0.2, 0.25) is 0 Å². The highest BCUT2D eigenvalue weighted by Gasteiger charge is 2.35. The number of hydrogen-bond donors (Lipinski definition) is 2. The van der Waals surface area contributed by atoms with Crippen LogP contribution in [0.5, 0.6) is 23.0 Å². The van der Waals surface area contributed by atoms with Crippen molar-refractivity contribution >= 4 is 32.8 Å². The molecule has 2 unspecified atom stereocenters. The number of methoxy groups -OCH3 is 1. The van der Waals surface area contributed by atoms with Crippen molar-refractivity contribution in [1.82, 2.24) is 0 Å². The summed E-state index contributed by atoms with van der Waals surface area (Å²) in [4.78, 5) is 13.1. The number of nitrogens with zero attached hydrogens (tertiary/aromatic N) is 4. The van der Waals surface area contributed by atoms with Gasteiger partial charge in [-0.15, -0.1) is 0 Å². The zero-order valence-corrected chi connectivity index (χ0v) is 36.7. The largest absolute Gasteiger partial charge is 0.508 e. The van der Waals surface area contributed by atoms with Crippen molar-refractivity contribution in [2.75, 3.05) is 18.7 Å². The molecule has 11 nitrogen and oxygen atoms in total. The molecular formula is C48H62N4O7S. The summed E-state index contributed by atoms with van der Waals surface area (Å²) in [5.74, 6) is 0.118. The third-order valence-corrected chi connectivity index (χ3v) is 13.2. The Labute approximate surface area is 356 Å². The molecule has 322 valence electrons. The number of hydrogen-bond acceptors (Lipinski definition) is 10. The molecule has 2 N–H and O–H groups in total. The minimum Gasteiger partial charge on any atom is -0.508 e. The molecule has 1 aliphatic rings. The van der Waals surface area contributed by atoms with Gasteiger partial charge in [-0.1, -0.05) is 121 Å². The van der Waals surface area contributed by atoms with Crippen LogP contribution < -0.4 is 14.5 Å². The maximum atomic E-state index is 14.3. The van der Waals surface area contributed by atoms with Crippen LogP contribution in [0.25, 0.3) is 11.1 Å². The number of anilines is 1. The SMILES string of the molecule is CCCCCCCCCCCCCCCCOc1ccc(-c2c(O)c(C)cc(O)c2C(C)S(=O)(=O)c2ccc(OC)c(N=NC3C(=O)N(c4ccccc4)N=C3C)c2)cc1. The van der Waals surface area contributed by atoms with Gasteiger partial charge in [0.15, 0.2) is 15.9 Å². The molecule has 4 aromatic carbocycles. The monoisotopic (exact) mass is 838 g/mol. The number of benzene rings is 4. The van der Waals surface area contributed by atoms with E-state index in [1.807, 2.05) is 6.07 Å². The minimum absolute atomic E-state index is 0.0533. The number of aryl methyl sites for hydroxylation is 1. The summed E-state index contributed by atoms with van der Waals surface area (Å²) in [5.41, 5.74) is 2.29. The molecule has 0 saturated carbocycles. The van der Waals surface area contributed by atoms with Gasteiger partial charge in [-0.25, -0.2) is 8.42 Å². The van der Waals surface area contributed by atoms with E-state index < -0.39 is 27.0 Å². The topological polar surface area (TPSA) is 150 Å². The van der Waals surface area contributed by atoms with E-state index in [0.717, 1.165) is 12.8 Å². The van der Waals surface area contributed by atoms with E-state index in [0.29, 0.717) is 34.9 Å². The number of phenols is 2. The quantitative estimate of drug-likeness (QED) is 0.0405. The van der Waals surface area contributed by atoms with Crippen molar-refractivity contribution in [3.05, 3.63) is 90.0 Å². The van der Waals surface area contributed by atoms with E-state index in [2.05, 4.69) is 22.3 Å². The van der Waals surface area contributed by atoms with E-state index >= 15 is 0 Å². The molecule has 0 fully saturated rings. The molecule has 12 heteroatoms. The Hall–Kier alpha value is -5.23. The number of rotatable bonds is 24. The van der Waals surface area contributed by atoms with Gasteiger partial charge in [-0.2, -0.15) is 20.3 Å². The first-order chi connectivity index (χ1) is 29.0. The van der Waals surface area contributed by atoms with E-state index in [-0.39, 0.29) is 39.0 Å². The number of amides is 1. The Morgan fingerprint density at radius 3 is 2.00 bits per heavy atom. The van der Waals surface area contributed by atoms with Crippen LogP contribution in [0.1, 0.15) is 127 Å². The van der Waals surface area contributed by atoms with Crippen LogP contribution in [0.3, 0.4) is 0 Å². The number of phenolic OH excluding ortho intramolecular Hbond substituents is 2. The molecule has 0 aliphatic carbocycles. The number of aromatic hydroxyl groups is 2. The van der Waals surface area contributed by atoms with Gasteiger partial charge >= 0.3 is 0 Å². The van der Waals surface area contributed by atoms with E-state index in [4.69, 9.17) is 9.47 Å². The summed E-state index contributed by atoms with van der Waals surface area (Å²) in [7, 11) is -2.80. The molecule has 0 saturated heterocycles. The first kappa shape index (κ1) is 45.8. The standard InChI is InChI=1S/C48H62N4O7S/c1-6-7-8-9-10-11-12-13-14-15-16-17-18-22-31-59-39-27-25-37(26-28-39)45-44(42(53)32-34(2)47(45)54)36(4)60(56,57)40-29-30-43(58-5)41(33-40)49-50-46-35(3)51-52(48(46)55)38-23-20-19-21-24-38/h19-21,23-30,32-33,36,46,53-54H,6-18,22,31H2,1-5H3. The van der Waals surface area contributed by atoms with Gasteiger partial charge < -0.3 is 19.7 Å². The third kappa shape index (κ3) is 11.7. The number of carbonyl (C=O) groups is 1. The van der Waals surface area contributed by atoms with Gasteiger partial charge in [-0.3, -0.25) is 4.79 Å². The molecule has 0 spiro atoms. The number of sulfone groups is 1. The van der Waals surface area contributed by atoms with Crippen LogP contribution in [0.4, 0.5) is 11.4 Å². The van der Waals surface area contributed by atoms with Crippen molar-refractivity contribution in [2.45, 2.75) is 134 Å². The molecule has 1 amide bonds. The van der Waals surface area contributed by atoms with E-state index in [9.17, 15) is 23.4 Å². The Morgan fingerprint density at radius 2 is 1.40 bits per heavy atom. The molecule has 0 bridgehead atoms.